The molecule has 0 aliphatic carbocycles. The molecule has 0 nitrogen and oxygen atoms in total. The van der Waals surface area contributed by atoms with Crippen LogP contribution in [-0.4, -0.2) is 5.33 Å². The molecule has 54 valence electrons. The summed E-state index contributed by atoms with van der Waals surface area (Å²) >= 11 is 6.78. The third-order valence-corrected chi connectivity index (χ3v) is 2.58. The molecular formula is C7H12Br2. The van der Waals surface area contributed by atoms with Gasteiger partial charge in [-0.25, -0.2) is 0 Å². The number of hydrogen-bond acceptors (Lipinski definition) is 0. The van der Waals surface area contributed by atoms with Crippen molar-refractivity contribution in [1.82, 2.24) is 0 Å². The van der Waals surface area contributed by atoms with Crippen molar-refractivity contribution in [2.45, 2.75) is 20.8 Å². The Morgan fingerprint density at radius 2 is 1.89 bits per heavy atom. The van der Waals surface area contributed by atoms with Crippen LogP contribution < -0.4 is 0 Å². The summed E-state index contributed by atoms with van der Waals surface area (Å²) in [6.45, 7) is 6.53. The quantitative estimate of drug-likeness (QED) is 0.627. The first-order valence-corrected chi connectivity index (χ1v) is 4.80. The molecule has 0 amide bonds. The largest absolute Gasteiger partial charge is 0.0871 e. The molecule has 2 heteroatoms. The van der Waals surface area contributed by atoms with E-state index in [1.807, 2.05) is 0 Å². The SMILES string of the molecule is CC(C)(C)/C=C(\Br)CBr. The molecule has 0 saturated carbocycles. The molecule has 0 bridgehead atoms. The molecule has 0 unspecified atom stereocenters. The van der Waals surface area contributed by atoms with E-state index >= 15 is 0 Å². The van der Waals surface area contributed by atoms with E-state index in [1.54, 1.807) is 0 Å². The Labute approximate surface area is 74.0 Å². The summed E-state index contributed by atoms with van der Waals surface area (Å²) in [5.74, 6) is 0. The van der Waals surface area contributed by atoms with E-state index in [1.165, 1.54) is 4.48 Å². The minimum atomic E-state index is 0.284. The highest BCUT2D eigenvalue weighted by atomic mass is 79.9. The van der Waals surface area contributed by atoms with E-state index in [0.29, 0.717) is 0 Å². The van der Waals surface area contributed by atoms with Gasteiger partial charge in [0.15, 0.2) is 0 Å². The molecule has 0 aromatic rings. The summed E-state index contributed by atoms with van der Waals surface area (Å²) in [6, 6.07) is 0. The van der Waals surface area contributed by atoms with Crippen LogP contribution >= 0.6 is 31.9 Å². The highest BCUT2D eigenvalue weighted by Crippen LogP contribution is 2.21. The van der Waals surface area contributed by atoms with Crippen LogP contribution in [0.1, 0.15) is 20.8 Å². The molecule has 0 saturated heterocycles. The van der Waals surface area contributed by atoms with E-state index in [9.17, 15) is 0 Å². The topological polar surface area (TPSA) is 0 Å². The van der Waals surface area contributed by atoms with Crippen molar-refractivity contribution in [1.29, 1.82) is 0 Å². The van der Waals surface area contributed by atoms with Gasteiger partial charge in [0.1, 0.15) is 0 Å². The molecule has 0 spiro atoms. The molecule has 0 heterocycles. The first-order valence-electron chi connectivity index (χ1n) is 2.89. The lowest BCUT2D eigenvalue weighted by molar-refractivity contribution is 0.543. The van der Waals surface area contributed by atoms with Crippen LogP contribution in [0.25, 0.3) is 0 Å². The van der Waals surface area contributed by atoms with Gasteiger partial charge in [-0.1, -0.05) is 58.7 Å². The molecular weight excluding hydrogens is 244 g/mol. The lowest BCUT2D eigenvalue weighted by Gasteiger charge is -2.11. The summed E-state index contributed by atoms with van der Waals surface area (Å²) < 4.78 is 1.22. The van der Waals surface area contributed by atoms with E-state index in [0.717, 1.165) is 5.33 Å². The zero-order valence-corrected chi connectivity index (χ0v) is 9.21. The van der Waals surface area contributed by atoms with Crippen molar-refractivity contribution in [2.75, 3.05) is 5.33 Å². The zero-order valence-electron chi connectivity index (χ0n) is 6.04. The van der Waals surface area contributed by atoms with Crippen molar-refractivity contribution in [2.24, 2.45) is 5.41 Å². The molecule has 0 radical (unpaired) electrons. The summed E-state index contributed by atoms with van der Waals surface area (Å²) in [5, 5.41) is 0.907. The summed E-state index contributed by atoms with van der Waals surface area (Å²) in [7, 11) is 0. The molecule has 0 aromatic heterocycles. The molecule has 0 fully saturated rings. The normalized spacial score (nSPS) is 14.1. The third-order valence-electron chi connectivity index (χ3n) is 0.717. The van der Waals surface area contributed by atoms with Crippen LogP contribution in [0.5, 0.6) is 0 Å². The van der Waals surface area contributed by atoms with Crippen LogP contribution in [0.2, 0.25) is 0 Å². The minimum Gasteiger partial charge on any atom is -0.0871 e. The maximum atomic E-state index is 3.43. The van der Waals surface area contributed by atoms with E-state index in [2.05, 4.69) is 58.7 Å². The zero-order chi connectivity index (χ0) is 7.49. The number of halogens is 2. The van der Waals surface area contributed by atoms with Gasteiger partial charge in [0, 0.05) is 9.81 Å². The summed E-state index contributed by atoms with van der Waals surface area (Å²) in [5.41, 5.74) is 0.284. The first kappa shape index (κ1) is 9.70. The standard InChI is InChI=1S/C7H12Br2/c1-7(2,3)4-6(9)5-8/h4H,5H2,1-3H3/b6-4-. The van der Waals surface area contributed by atoms with E-state index in [4.69, 9.17) is 0 Å². The summed E-state index contributed by atoms with van der Waals surface area (Å²) in [6.07, 6.45) is 2.20. The fourth-order valence-electron chi connectivity index (χ4n) is 0.508. The smallest absolute Gasteiger partial charge is 0.0346 e. The fraction of sp³-hybridized carbons (Fsp3) is 0.714. The van der Waals surface area contributed by atoms with Gasteiger partial charge in [-0.3, -0.25) is 0 Å². The molecule has 9 heavy (non-hydrogen) atoms. The second-order valence-corrected chi connectivity index (χ2v) is 4.67. The van der Waals surface area contributed by atoms with Crippen molar-refractivity contribution >= 4 is 31.9 Å². The Hall–Kier alpha value is 0.700. The average molecular weight is 256 g/mol. The molecule has 0 aliphatic heterocycles. The molecule has 0 aromatic carbocycles. The minimum absolute atomic E-state index is 0.284. The number of hydrogen-bond donors (Lipinski definition) is 0. The first-order chi connectivity index (χ1) is 3.95. The van der Waals surface area contributed by atoms with Gasteiger partial charge in [-0.15, -0.1) is 0 Å². The van der Waals surface area contributed by atoms with Gasteiger partial charge >= 0.3 is 0 Å². The Morgan fingerprint density at radius 3 is 2.00 bits per heavy atom. The van der Waals surface area contributed by atoms with Crippen molar-refractivity contribution in [3.63, 3.8) is 0 Å². The predicted molar refractivity (Wildman–Crippen MR) is 50.3 cm³/mol. The second-order valence-electron chi connectivity index (χ2n) is 3.09. The predicted octanol–water partition coefficient (Wildman–Crippen LogP) is 3.71. The van der Waals surface area contributed by atoms with Crippen molar-refractivity contribution in [3.05, 3.63) is 10.6 Å². The van der Waals surface area contributed by atoms with Crippen LogP contribution in [0.4, 0.5) is 0 Å². The molecule has 0 aliphatic rings. The lowest BCUT2D eigenvalue weighted by Crippen LogP contribution is -1.99. The van der Waals surface area contributed by atoms with Gasteiger partial charge in [0.25, 0.3) is 0 Å². The van der Waals surface area contributed by atoms with Gasteiger partial charge in [0.05, 0.1) is 0 Å². The summed E-state index contributed by atoms with van der Waals surface area (Å²) in [4.78, 5) is 0. The number of alkyl halides is 1. The second kappa shape index (κ2) is 3.77. The number of allylic oxidation sites excluding steroid dienone is 2. The Morgan fingerprint density at radius 1 is 1.44 bits per heavy atom. The fourth-order valence-corrected chi connectivity index (χ4v) is 1.36. The maximum Gasteiger partial charge on any atom is 0.0346 e. The van der Waals surface area contributed by atoms with Crippen LogP contribution in [0, 0.1) is 5.41 Å². The highest BCUT2D eigenvalue weighted by molar-refractivity contribution is 9.13. The Bertz CT molecular complexity index is 109. The van der Waals surface area contributed by atoms with E-state index < -0.39 is 0 Å². The highest BCUT2D eigenvalue weighted by Gasteiger charge is 2.05. The van der Waals surface area contributed by atoms with Gasteiger partial charge in [-0.05, 0) is 5.41 Å². The van der Waals surface area contributed by atoms with Gasteiger partial charge in [0.2, 0.25) is 0 Å². The van der Waals surface area contributed by atoms with Crippen molar-refractivity contribution in [3.8, 4) is 0 Å². The monoisotopic (exact) mass is 254 g/mol. The van der Waals surface area contributed by atoms with Gasteiger partial charge < -0.3 is 0 Å². The van der Waals surface area contributed by atoms with Crippen LogP contribution in [0.3, 0.4) is 0 Å². The maximum absolute atomic E-state index is 3.43. The van der Waals surface area contributed by atoms with Crippen molar-refractivity contribution < 1.29 is 0 Å². The molecule has 0 rings (SSSR count). The van der Waals surface area contributed by atoms with Crippen LogP contribution in [-0.2, 0) is 0 Å². The van der Waals surface area contributed by atoms with E-state index in [-0.39, 0.29) is 5.41 Å². The van der Waals surface area contributed by atoms with Crippen LogP contribution in [0.15, 0.2) is 10.6 Å². The molecule has 0 N–H and O–H groups in total. The third kappa shape index (κ3) is 6.59. The molecule has 0 atom stereocenters. The Kier molecular flexibility index (Phi) is 4.06. The Balaban J connectivity index is 3.95. The number of rotatable bonds is 1. The average Bonchev–Trinajstić information content (AvgIpc) is 1.62. The van der Waals surface area contributed by atoms with Gasteiger partial charge in [-0.2, -0.15) is 0 Å². The lowest BCUT2D eigenvalue weighted by atomic mass is 9.97.